The van der Waals surface area contributed by atoms with Gasteiger partial charge < -0.3 is 15.4 Å². The van der Waals surface area contributed by atoms with Crippen LogP contribution < -0.4 is 10.6 Å². The van der Waals surface area contributed by atoms with Gasteiger partial charge in [0.05, 0.1) is 12.6 Å². The molecule has 1 aliphatic carbocycles. The Labute approximate surface area is 111 Å². The highest BCUT2D eigenvalue weighted by Gasteiger charge is 2.26. The van der Waals surface area contributed by atoms with Crippen LogP contribution >= 0.6 is 0 Å². The molecule has 1 rings (SSSR count). The van der Waals surface area contributed by atoms with Crippen LogP contribution in [-0.4, -0.2) is 38.3 Å². The minimum absolute atomic E-state index is 0.0764. The molecule has 0 saturated heterocycles. The summed E-state index contributed by atoms with van der Waals surface area (Å²) < 4.78 is 4.92. The van der Waals surface area contributed by atoms with Crippen LogP contribution in [0.15, 0.2) is 0 Å². The first-order valence-electron chi connectivity index (χ1n) is 7.21. The maximum atomic E-state index is 11.9. The third kappa shape index (κ3) is 4.94. The second kappa shape index (κ2) is 8.48. The van der Waals surface area contributed by atoms with Crippen LogP contribution in [0.2, 0.25) is 0 Å². The van der Waals surface area contributed by atoms with E-state index in [9.17, 15) is 4.79 Å². The lowest BCUT2D eigenvalue weighted by Gasteiger charge is -2.33. The molecule has 1 fully saturated rings. The van der Waals surface area contributed by atoms with Gasteiger partial charge in [0.25, 0.3) is 0 Å². The zero-order valence-electron chi connectivity index (χ0n) is 12.0. The summed E-state index contributed by atoms with van der Waals surface area (Å²) in [6.07, 6.45) is 6.33. The number of carbonyl (C=O) groups is 1. The number of nitrogens with one attached hydrogen (secondary N) is 2. The van der Waals surface area contributed by atoms with Gasteiger partial charge in [-0.1, -0.05) is 26.2 Å². The van der Waals surface area contributed by atoms with Gasteiger partial charge >= 0.3 is 0 Å². The molecule has 0 aromatic heterocycles. The van der Waals surface area contributed by atoms with E-state index in [4.69, 9.17) is 4.74 Å². The molecule has 1 aliphatic rings. The van der Waals surface area contributed by atoms with E-state index in [-0.39, 0.29) is 11.9 Å². The van der Waals surface area contributed by atoms with Crippen molar-refractivity contribution in [3.63, 3.8) is 0 Å². The lowest BCUT2D eigenvalue weighted by Crippen LogP contribution is -2.50. The molecule has 0 aromatic rings. The first-order chi connectivity index (χ1) is 8.69. The topological polar surface area (TPSA) is 50.4 Å². The molecule has 106 valence electrons. The van der Waals surface area contributed by atoms with E-state index in [0.29, 0.717) is 19.2 Å². The second-order valence-electron chi connectivity index (χ2n) is 5.23. The lowest BCUT2D eigenvalue weighted by molar-refractivity contribution is -0.123. The van der Waals surface area contributed by atoms with Gasteiger partial charge in [0.1, 0.15) is 0 Å². The first-order valence-corrected chi connectivity index (χ1v) is 7.21. The van der Waals surface area contributed by atoms with Crippen molar-refractivity contribution in [1.82, 2.24) is 10.6 Å². The molecular formula is C14H28N2O2. The standard InChI is InChI=1S/C14H28N2O2/c1-4-12-7-5-6-8-13(12)16-11(2)14(17)15-9-10-18-3/h11-13,16H,4-10H2,1-3H3,(H,15,17). The van der Waals surface area contributed by atoms with Crippen molar-refractivity contribution in [3.8, 4) is 0 Å². The van der Waals surface area contributed by atoms with Crippen molar-refractivity contribution < 1.29 is 9.53 Å². The van der Waals surface area contributed by atoms with Crippen molar-refractivity contribution >= 4 is 5.91 Å². The molecule has 18 heavy (non-hydrogen) atoms. The molecule has 0 aromatic carbocycles. The van der Waals surface area contributed by atoms with Gasteiger partial charge in [-0.2, -0.15) is 0 Å². The third-order valence-electron chi connectivity index (χ3n) is 3.90. The highest BCUT2D eigenvalue weighted by molar-refractivity contribution is 5.81. The summed E-state index contributed by atoms with van der Waals surface area (Å²) in [5.74, 6) is 0.806. The van der Waals surface area contributed by atoms with Crippen LogP contribution in [0.5, 0.6) is 0 Å². The van der Waals surface area contributed by atoms with Crippen molar-refractivity contribution in [1.29, 1.82) is 0 Å². The van der Waals surface area contributed by atoms with E-state index < -0.39 is 0 Å². The molecule has 1 saturated carbocycles. The van der Waals surface area contributed by atoms with Crippen molar-refractivity contribution in [2.45, 2.75) is 58.0 Å². The SMILES string of the molecule is CCC1CCCCC1NC(C)C(=O)NCCOC. The summed E-state index contributed by atoms with van der Waals surface area (Å²) in [4.78, 5) is 11.9. The number of carbonyl (C=O) groups excluding carboxylic acids is 1. The average Bonchev–Trinajstić information content (AvgIpc) is 2.39. The maximum Gasteiger partial charge on any atom is 0.236 e. The second-order valence-corrected chi connectivity index (χ2v) is 5.23. The Hall–Kier alpha value is -0.610. The van der Waals surface area contributed by atoms with Crippen LogP contribution in [0.4, 0.5) is 0 Å². The third-order valence-corrected chi connectivity index (χ3v) is 3.90. The zero-order valence-corrected chi connectivity index (χ0v) is 12.0. The van der Waals surface area contributed by atoms with Crippen LogP contribution in [0.25, 0.3) is 0 Å². The number of methoxy groups -OCH3 is 1. The van der Waals surface area contributed by atoms with Crippen LogP contribution in [0, 0.1) is 5.92 Å². The largest absolute Gasteiger partial charge is 0.383 e. The molecule has 1 amide bonds. The molecule has 4 nitrogen and oxygen atoms in total. The van der Waals surface area contributed by atoms with E-state index >= 15 is 0 Å². The van der Waals surface area contributed by atoms with Gasteiger partial charge in [-0.25, -0.2) is 0 Å². The van der Waals surface area contributed by atoms with Gasteiger partial charge in [0.15, 0.2) is 0 Å². The fourth-order valence-electron chi connectivity index (χ4n) is 2.74. The summed E-state index contributed by atoms with van der Waals surface area (Å²) >= 11 is 0. The van der Waals surface area contributed by atoms with Gasteiger partial charge in [-0.3, -0.25) is 4.79 Å². The smallest absolute Gasteiger partial charge is 0.236 e. The van der Waals surface area contributed by atoms with Gasteiger partial charge in [0, 0.05) is 19.7 Å². The molecule has 4 heteroatoms. The van der Waals surface area contributed by atoms with E-state index in [2.05, 4.69) is 17.6 Å². The lowest BCUT2D eigenvalue weighted by atomic mass is 9.82. The highest BCUT2D eigenvalue weighted by atomic mass is 16.5. The Morgan fingerprint density at radius 3 is 2.78 bits per heavy atom. The number of hydrogen-bond donors (Lipinski definition) is 2. The Morgan fingerprint density at radius 2 is 2.11 bits per heavy atom. The Kier molecular flexibility index (Phi) is 7.28. The zero-order chi connectivity index (χ0) is 13.4. The summed E-state index contributed by atoms with van der Waals surface area (Å²) in [5.41, 5.74) is 0. The van der Waals surface area contributed by atoms with Crippen LogP contribution in [0.1, 0.15) is 46.0 Å². The predicted octanol–water partition coefficient (Wildman–Crippen LogP) is 1.70. The minimum atomic E-state index is -0.112. The van der Waals surface area contributed by atoms with Crippen LogP contribution in [-0.2, 0) is 9.53 Å². The molecule has 0 aliphatic heterocycles. The number of amides is 1. The highest BCUT2D eigenvalue weighted by Crippen LogP contribution is 2.26. The molecule has 0 bridgehead atoms. The Bertz CT molecular complexity index is 246. The number of hydrogen-bond acceptors (Lipinski definition) is 3. The summed E-state index contributed by atoms with van der Waals surface area (Å²) in [6, 6.07) is 0.394. The molecule has 0 radical (unpaired) electrons. The average molecular weight is 256 g/mol. The van der Waals surface area contributed by atoms with Gasteiger partial charge in [-0.05, 0) is 25.7 Å². The van der Waals surface area contributed by atoms with E-state index in [1.165, 1.54) is 32.1 Å². The summed E-state index contributed by atoms with van der Waals surface area (Å²) in [6.45, 7) is 5.35. The number of rotatable bonds is 7. The van der Waals surface area contributed by atoms with Gasteiger partial charge in [-0.15, -0.1) is 0 Å². The van der Waals surface area contributed by atoms with E-state index in [0.717, 1.165) is 5.92 Å². The van der Waals surface area contributed by atoms with Crippen molar-refractivity contribution in [2.24, 2.45) is 5.92 Å². The Morgan fingerprint density at radius 1 is 1.39 bits per heavy atom. The van der Waals surface area contributed by atoms with Crippen molar-refractivity contribution in [2.75, 3.05) is 20.3 Å². The summed E-state index contributed by atoms with van der Waals surface area (Å²) in [7, 11) is 1.64. The molecule has 3 unspecified atom stereocenters. The molecule has 3 atom stereocenters. The fourth-order valence-corrected chi connectivity index (χ4v) is 2.74. The summed E-state index contributed by atoms with van der Waals surface area (Å²) in [5, 5.41) is 6.37. The van der Waals surface area contributed by atoms with Crippen molar-refractivity contribution in [3.05, 3.63) is 0 Å². The molecule has 0 spiro atoms. The molecular weight excluding hydrogens is 228 g/mol. The van der Waals surface area contributed by atoms with Gasteiger partial charge in [0.2, 0.25) is 5.91 Å². The molecule has 2 N–H and O–H groups in total. The quantitative estimate of drug-likeness (QED) is 0.682. The van der Waals surface area contributed by atoms with Crippen LogP contribution in [0.3, 0.4) is 0 Å². The fraction of sp³-hybridized carbons (Fsp3) is 0.929. The first kappa shape index (κ1) is 15.4. The predicted molar refractivity (Wildman–Crippen MR) is 73.5 cm³/mol. The monoisotopic (exact) mass is 256 g/mol. The number of ether oxygens (including phenoxy) is 1. The molecule has 0 heterocycles. The van der Waals surface area contributed by atoms with E-state index in [1.807, 2.05) is 6.92 Å². The van der Waals surface area contributed by atoms with E-state index in [1.54, 1.807) is 7.11 Å². The normalized spacial score (nSPS) is 25.7. The minimum Gasteiger partial charge on any atom is -0.383 e. The maximum absolute atomic E-state index is 11.9. The Balaban J connectivity index is 2.32.